The number of aryl methyl sites for hydroxylation is 1. The van der Waals surface area contributed by atoms with Gasteiger partial charge in [-0.15, -0.1) is 0 Å². The highest BCUT2D eigenvalue weighted by Crippen LogP contribution is 2.21. The van der Waals surface area contributed by atoms with E-state index in [4.69, 9.17) is 9.47 Å². The summed E-state index contributed by atoms with van der Waals surface area (Å²) in [6, 6.07) is 12.5. The number of anilines is 1. The number of pyridine rings is 1. The van der Waals surface area contributed by atoms with Crippen LogP contribution in [0, 0.1) is 6.92 Å². The lowest BCUT2D eigenvalue weighted by Gasteiger charge is -2.23. The van der Waals surface area contributed by atoms with Gasteiger partial charge in [0.1, 0.15) is 5.82 Å². The van der Waals surface area contributed by atoms with Gasteiger partial charge in [0, 0.05) is 33.0 Å². The molecule has 0 aliphatic heterocycles. The summed E-state index contributed by atoms with van der Waals surface area (Å²) in [4.78, 5) is 6.52. The minimum atomic E-state index is -0.256. The van der Waals surface area contributed by atoms with Gasteiger partial charge in [-0.2, -0.15) is 0 Å². The Morgan fingerprint density at radius 2 is 1.62 bits per heavy atom. The number of ether oxygens (including phenoxy) is 2. The molecule has 21 heavy (non-hydrogen) atoms. The number of rotatable bonds is 6. The molecule has 0 atom stereocenters. The fourth-order valence-electron chi connectivity index (χ4n) is 2.09. The molecule has 2 rings (SSSR count). The first-order chi connectivity index (χ1) is 10.1. The Bertz CT molecular complexity index is 548. The quantitative estimate of drug-likeness (QED) is 0.764. The van der Waals surface area contributed by atoms with Crippen LogP contribution in [0.15, 0.2) is 42.6 Å². The van der Waals surface area contributed by atoms with E-state index in [1.165, 1.54) is 11.1 Å². The Balaban J connectivity index is 2.09. The number of likely N-dealkylation sites (N-methyl/N-ethyl adjacent to an activating group) is 1. The molecule has 0 aliphatic rings. The summed E-state index contributed by atoms with van der Waals surface area (Å²) in [5, 5.41) is 0. The van der Waals surface area contributed by atoms with Gasteiger partial charge in [-0.3, -0.25) is 0 Å². The summed E-state index contributed by atoms with van der Waals surface area (Å²) in [5.74, 6) is 0.893. The van der Waals surface area contributed by atoms with Crippen molar-refractivity contribution in [1.82, 2.24) is 4.98 Å². The Morgan fingerprint density at radius 3 is 2.14 bits per heavy atom. The second kappa shape index (κ2) is 7.20. The van der Waals surface area contributed by atoms with Gasteiger partial charge in [0.15, 0.2) is 6.29 Å². The third-order valence-corrected chi connectivity index (χ3v) is 3.47. The second-order valence-electron chi connectivity index (χ2n) is 5.05. The van der Waals surface area contributed by atoms with Crippen LogP contribution in [0.3, 0.4) is 0 Å². The fraction of sp³-hybridized carbons (Fsp3) is 0.353. The molecular weight excluding hydrogens is 264 g/mol. The second-order valence-corrected chi connectivity index (χ2v) is 5.05. The molecule has 112 valence electrons. The zero-order valence-corrected chi connectivity index (χ0v) is 13.0. The minimum absolute atomic E-state index is 0.256. The highest BCUT2D eigenvalue weighted by atomic mass is 16.7. The number of hydrogen-bond acceptors (Lipinski definition) is 4. The molecule has 4 nitrogen and oxygen atoms in total. The van der Waals surface area contributed by atoms with Crippen molar-refractivity contribution in [2.24, 2.45) is 0 Å². The van der Waals surface area contributed by atoms with Crippen LogP contribution in [0.25, 0.3) is 11.1 Å². The molecule has 0 radical (unpaired) electrons. The predicted octanol–water partition coefficient (Wildman–Crippen LogP) is 3.11. The van der Waals surface area contributed by atoms with Gasteiger partial charge >= 0.3 is 0 Å². The lowest BCUT2D eigenvalue weighted by molar-refractivity contribution is -0.0944. The van der Waals surface area contributed by atoms with Crippen LogP contribution in [0.4, 0.5) is 5.82 Å². The molecule has 4 heteroatoms. The maximum atomic E-state index is 5.20. The number of nitrogens with zero attached hydrogens (tertiary/aromatic N) is 2. The number of benzene rings is 1. The van der Waals surface area contributed by atoms with Crippen molar-refractivity contribution in [3.8, 4) is 11.1 Å². The average Bonchev–Trinajstić information content (AvgIpc) is 2.53. The fourth-order valence-corrected chi connectivity index (χ4v) is 2.09. The molecule has 0 bridgehead atoms. The highest BCUT2D eigenvalue weighted by Gasteiger charge is 2.11. The topological polar surface area (TPSA) is 34.6 Å². The first-order valence-electron chi connectivity index (χ1n) is 6.94. The van der Waals surface area contributed by atoms with Gasteiger partial charge < -0.3 is 14.4 Å². The van der Waals surface area contributed by atoms with E-state index in [0.29, 0.717) is 6.54 Å². The van der Waals surface area contributed by atoms with Crippen LogP contribution >= 0.6 is 0 Å². The summed E-state index contributed by atoms with van der Waals surface area (Å²) in [6.07, 6.45) is 1.64. The molecule has 2 aromatic rings. The minimum Gasteiger partial charge on any atom is -0.355 e. The Morgan fingerprint density at radius 1 is 1.00 bits per heavy atom. The Kier molecular flexibility index (Phi) is 5.31. The normalized spacial score (nSPS) is 10.9. The Labute approximate surface area is 126 Å². The van der Waals surface area contributed by atoms with E-state index >= 15 is 0 Å². The third-order valence-electron chi connectivity index (χ3n) is 3.47. The van der Waals surface area contributed by atoms with E-state index in [2.05, 4.69) is 42.2 Å². The summed E-state index contributed by atoms with van der Waals surface area (Å²) >= 11 is 0. The lowest BCUT2D eigenvalue weighted by Crippen LogP contribution is -2.32. The van der Waals surface area contributed by atoms with Crippen LogP contribution in [-0.2, 0) is 9.47 Å². The molecule has 0 saturated carbocycles. The van der Waals surface area contributed by atoms with E-state index < -0.39 is 0 Å². The lowest BCUT2D eigenvalue weighted by atomic mass is 10.1. The average molecular weight is 286 g/mol. The molecule has 0 N–H and O–H groups in total. The number of methoxy groups -OCH3 is 2. The largest absolute Gasteiger partial charge is 0.355 e. The van der Waals surface area contributed by atoms with Crippen molar-refractivity contribution >= 4 is 5.82 Å². The van der Waals surface area contributed by atoms with Crippen molar-refractivity contribution in [2.45, 2.75) is 13.2 Å². The molecular formula is C17H22N2O2. The maximum Gasteiger partial charge on any atom is 0.174 e. The van der Waals surface area contributed by atoms with Crippen molar-refractivity contribution in [1.29, 1.82) is 0 Å². The zero-order chi connectivity index (χ0) is 15.2. The first kappa shape index (κ1) is 15.5. The molecule has 0 saturated heterocycles. The van der Waals surface area contributed by atoms with Gasteiger partial charge in [0.05, 0.1) is 6.54 Å². The van der Waals surface area contributed by atoms with Crippen molar-refractivity contribution in [3.05, 3.63) is 48.2 Å². The van der Waals surface area contributed by atoms with E-state index in [1.807, 2.05) is 24.2 Å². The van der Waals surface area contributed by atoms with E-state index in [0.717, 1.165) is 11.4 Å². The van der Waals surface area contributed by atoms with E-state index in [1.54, 1.807) is 14.2 Å². The van der Waals surface area contributed by atoms with Gasteiger partial charge in [0.25, 0.3) is 0 Å². The predicted molar refractivity (Wildman–Crippen MR) is 85.5 cm³/mol. The van der Waals surface area contributed by atoms with Gasteiger partial charge in [-0.25, -0.2) is 4.98 Å². The molecule has 0 spiro atoms. The first-order valence-corrected chi connectivity index (χ1v) is 6.94. The van der Waals surface area contributed by atoms with Crippen LogP contribution < -0.4 is 4.90 Å². The molecule has 0 amide bonds. The maximum absolute atomic E-state index is 5.20. The smallest absolute Gasteiger partial charge is 0.174 e. The molecule has 1 aromatic heterocycles. The van der Waals surface area contributed by atoms with Crippen molar-refractivity contribution in [2.75, 3.05) is 32.7 Å². The molecule has 1 heterocycles. The van der Waals surface area contributed by atoms with E-state index in [9.17, 15) is 0 Å². The third kappa shape index (κ3) is 4.03. The number of aromatic nitrogens is 1. The van der Waals surface area contributed by atoms with Crippen LogP contribution in [0.5, 0.6) is 0 Å². The molecule has 0 unspecified atom stereocenters. The molecule has 0 aliphatic carbocycles. The van der Waals surface area contributed by atoms with Gasteiger partial charge in [0.2, 0.25) is 0 Å². The molecule has 1 aromatic carbocycles. The summed E-state index contributed by atoms with van der Waals surface area (Å²) in [7, 11) is 5.24. The van der Waals surface area contributed by atoms with Crippen LogP contribution in [0.1, 0.15) is 5.56 Å². The van der Waals surface area contributed by atoms with Gasteiger partial charge in [-0.1, -0.05) is 29.8 Å². The van der Waals surface area contributed by atoms with E-state index in [-0.39, 0.29) is 6.29 Å². The SMILES string of the molecule is COC(CN(C)c1ccc(-c2ccc(C)cc2)cn1)OC. The standard InChI is InChI=1S/C17H22N2O2/c1-13-5-7-14(8-6-13)15-9-10-16(18-11-15)19(2)12-17(20-3)21-4/h5-11,17H,12H2,1-4H3. The van der Waals surface area contributed by atoms with Crippen LogP contribution in [0.2, 0.25) is 0 Å². The summed E-state index contributed by atoms with van der Waals surface area (Å²) in [6.45, 7) is 2.71. The Hall–Kier alpha value is -1.91. The zero-order valence-electron chi connectivity index (χ0n) is 13.0. The summed E-state index contributed by atoms with van der Waals surface area (Å²) < 4.78 is 10.4. The van der Waals surface area contributed by atoms with Gasteiger partial charge in [-0.05, 0) is 24.6 Å². The monoisotopic (exact) mass is 286 g/mol. The molecule has 0 fully saturated rings. The highest BCUT2D eigenvalue weighted by molar-refractivity contribution is 5.64. The van der Waals surface area contributed by atoms with Crippen LogP contribution in [-0.4, -0.2) is 39.1 Å². The number of hydrogen-bond donors (Lipinski definition) is 0. The van der Waals surface area contributed by atoms with Crippen molar-refractivity contribution in [3.63, 3.8) is 0 Å². The van der Waals surface area contributed by atoms with Crippen molar-refractivity contribution < 1.29 is 9.47 Å². The summed E-state index contributed by atoms with van der Waals surface area (Å²) in [5.41, 5.74) is 3.55.